The maximum Gasteiger partial charge on any atom is 0.294 e. The Balaban J connectivity index is 2.20. The molecule has 1 aromatic rings. The molecule has 0 unspecified atom stereocenters. The molecule has 5 nitrogen and oxygen atoms in total. The minimum atomic E-state index is -4.11. The third-order valence-electron chi connectivity index (χ3n) is 3.54. The number of hydrogen-bond acceptors (Lipinski definition) is 4. The molecule has 0 aliphatic carbocycles. The Morgan fingerprint density at radius 2 is 1.75 bits per heavy atom. The smallest absolute Gasteiger partial charge is 0.294 e. The third kappa shape index (κ3) is 3.71. The number of benzene rings is 1. The van der Waals surface area contributed by atoms with Gasteiger partial charge < -0.3 is 5.01 Å². The summed E-state index contributed by atoms with van der Waals surface area (Å²) >= 11 is 0. The third-order valence-corrected chi connectivity index (χ3v) is 4.41. The van der Waals surface area contributed by atoms with Crippen LogP contribution in [-0.2, 0) is 10.1 Å². The summed E-state index contributed by atoms with van der Waals surface area (Å²) in [6.45, 7) is 5.12. The highest BCUT2D eigenvalue weighted by Gasteiger charge is 2.18. The van der Waals surface area contributed by atoms with Crippen LogP contribution in [0.15, 0.2) is 29.2 Å². The highest BCUT2D eigenvalue weighted by molar-refractivity contribution is 7.85. The molecule has 0 atom stereocenters. The van der Waals surface area contributed by atoms with Gasteiger partial charge in [-0.2, -0.15) is 8.42 Å². The van der Waals surface area contributed by atoms with E-state index < -0.39 is 10.1 Å². The van der Waals surface area contributed by atoms with Crippen LogP contribution in [-0.4, -0.2) is 37.6 Å². The molecule has 2 rings (SSSR count). The molecule has 6 heteroatoms. The van der Waals surface area contributed by atoms with E-state index in [1.807, 2.05) is 0 Å². The molecule has 1 aliphatic rings. The minimum absolute atomic E-state index is 0.0589. The molecule has 20 heavy (non-hydrogen) atoms. The highest BCUT2D eigenvalue weighted by atomic mass is 32.2. The van der Waals surface area contributed by atoms with Crippen LogP contribution in [0, 0.1) is 0 Å². The van der Waals surface area contributed by atoms with E-state index in [1.165, 1.54) is 31.4 Å². The van der Waals surface area contributed by atoms with Crippen molar-refractivity contribution in [3.63, 3.8) is 0 Å². The van der Waals surface area contributed by atoms with Crippen molar-refractivity contribution in [2.45, 2.75) is 37.5 Å². The van der Waals surface area contributed by atoms with Crippen LogP contribution in [0.4, 0.5) is 5.69 Å². The van der Waals surface area contributed by atoms with Gasteiger partial charge in [0.15, 0.2) is 0 Å². The first-order chi connectivity index (χ1) is 9.52. The van der Waals surface area contributed by atoms with Crippen LogP contribution < -0.4 is 5.01 Å². The molecule has 0 saturated carbocycles. The Hall–Kier alpha value is -1.11. The average Bonchev–Trinajstić information content (AvgIpc) is 2.45. The first kappa shape index (κ1) is 15.3. The van der Waals surface area contributed by atoms with E-state index in [-0.39, 0.29) is 4.90 Å². The first-order valence-electron chi connectivity index (χ1n) is 7.12. The zero-order valence-corrected chi connectivity index (χ0v) is 12.6. The lowest BCUT2D eigenvalue weighted by atomic mass is 10.1. The standard InChI is InChI=1S/C14H22N2O3S/c1-2-10-16(15-11-4-3-5-12-15)13-6-8-14(9-7-13)20(17,18)19/h6-9H,2-5,10-12H2,1H3,(H,17,18,19). The van der Waals surface area contributed by atoms with Crippen molar-refractivity contribution in [2.24, 2.45) is 0 Å². The molecule has 0 spiro atoms. The summed E-state index contributed by atoms with van der Waals surface area (Å²) in [5.41, 5.74) is 0.973. The highest BCUT2D eigenvalue weighted by Crippen LogP contribution is 2.22. The van der Waals surface area contributed by atoms with Gasteiger partial charge in [0.2, 0.25) is 0 Å². The number of rotatable bonds is 5. The molecular weight excluding hydrogens is 276 g/mol. The average molecular weight is 298 g/mol. The maximum atomic E-state index is 11.1. The van der Waals surface area contributed by atoms with Crippen LogP contribution in [0.2, 0.25) is 0 Å². The molecule has 0 bridgehead atoms. The van der Waals surface area contributed by atoms with E-state index in [1.54, 1.807) is 12.1 Å². The van der Waals surface area contributed by atoms with E-state index in [4.69, 9.17) is 4.55 Å². The van der Waals surface area contributed by atoms with Gasteiger partial charge in [-0.25, -0.2) is 5.01 Å². The Morgan fingerprint density at radius 1 is 1.15 bits per heavy atom. The topological polar surface area (TPSA) is 60.9 Å². The van der Waals surface area contributed by atoms with Gasteiger partial charge in [-0.3, -0.25) is 4.55 Å². The number of anilines is 1. The summed E-state index contributed by atoms with van der Waals surface area (Å²) in [5.74, 6) is 0. The number of nitrogens with zero attached hydrogens (tertiary/aromatic N) is 2. The lowest BCUT2D eigenvalue weighted by Crippen LogP contribution is -2.46. The zero-order valence-electron chi connectivity index (χ0n) is 11.8. The van der Waals surface area contributed by atoms with E-state index in [9.17, 15) is 8.42 Å². The molecule has 0 aromatic heterocycles. The lowest BCUT2D eigenvalue weighted by Gasteiger charge is -2.39. The van der Waals surface area contributed by atoms with Crippen molar-refractivity contribution in [1.29, 1.82) is 0 Å². The maximum absolute atomic E-state index is 11.1. The SMILES string of the molecule is CCCN(c1ccc(S(=O)(=O)O)cc1)N1CCCCC1. The summed E-state index contributed by atoms with van der Waals surface area (Å²) < 4.78 is 31.2. The van der Waals surface area contributed by atoms with Crippen LogP contribution in [0.1, 0.15) is 32.6 Å². The van der Waals surface area contributed by atoms with Crippen molar-refractivity contribution in [3.05, 3.63) is 24.3 Å². The Kier molecular flexibility index (Phi) is 5.01. The predicted octanol–water partition coefficient (Wildman–Crippen LogP) is 2.55. The van der Waals surface area contributed by atoms with E-state index in [2.05, 4.69) is 16.9 Å². The van der Waals surface area contributed by atoms with Crippen molar-refractivity contribution in [2.75, 3.05) is 24.6 Å². The monoisotopic (exact) mass is 298 g/mol. The van der Waals surface area contributed by atoms with Gasteiger partial charge in [0.05, 0.1) is 10.6 Å². The number of hydrogen-bond donors (Lipinski definition) is 1. The predicted molar refractivity (Wildman–Crippen MR) is 79.3 cm³/mol. The fourth-order valence-corrected chi connectivity index (χ4v) is 3.03. The minimum Gasteiger partial charge on any atom is -0.306 e. The second-order valence-corrected chi connectivity index (χ2v) is 6.53. The van der Waals surface area contributed by atoms with Crippen LogP contribution in [0.3, 0.4) is 0 Å². The molecular formula is C14H22N2O3S. The molecule has 1 fully saturated rings. The van der Waals surface area contributed by atoms with Crippen molar-refractivity contribution in [1.82, 2.24) is 5.01 Å². The summed E-state index contributed by atoms with van der Waals surface area (Å²) in [4.78, 5) is -0.0589. The van der Waals surface area contributed by atoms with Gasteiger partial charge in [0.1, 0.15) is 0 Å². The van der Waals surface area contributed by atoms with Gasteiger partial charge in [-0.1, -0.05) is 13.3 Å². The summed E-state index contributed by atoms with van der Waals surface area (Å²) in [6, 6.07) is 6.43. The molecule has 1 saturated heterocycles. The normalized spacial score (nSPS) is 17.1. The fraction of sp³-hybridized carbons (Fsp3) is 0.571. The van der Waals surface area contributed by atoms with E-state index in [0.717, 1.165) is 31.7 Å². The fourth-order valence-electron chi connectivity index (χ4n) is 2.55. The van der Waals surface area contributed by atoms with Crippen molar-refractivity contribution < 1.29 is 13.0 Å². The van der Waals surface area contributed by atoms with Gasteiger partial charge in [-0.15, -0.1) is 0 Å². The molecule has 0 radical (unpaired) electrons. The molecule has 1 heterocycles. The number of hydrazine groups is 1. The van der Waals surface area contributed by atoms with Gasteiger partial charge in [0, 0.05) is 19.6 Å². The summed E-state index contributed by atoms with van der Waals surface area (Å²) in [6.07, 6.45) is 4.70. The van der Waals surface area contributed by atoms with Gasteiger partial charge >= 0.3 is 0 Å². The van der Waals surface area contributed by atoms with Gasteiger partial charge in [-0.05, 0) is 43.5 Å². The molecule has 1 aliphatic heterocycles. The summed E-state index contributed by atoms with van der Waals surface area (Å²) in [5, 5.41) is 4.54. The Morgan fingerprint density at radius 3 is 2.25 bits per heavy atom. The van der Waals surface area contributed by atoms with E-state index in [0.29, 0.717) is 0 Å². The van der Waals surface area contributed by atoms with Gasteiger partial charge in [0.25, 0.3) is 10.1 Å². The van der Waals surface area contributed by atoms with E-state index >= 15 is 0 Å². The zero-order chi connectivity index (χ0) is 14.6. The Labute approximate surface area is 120 Å². The first-order valence-corrected chi connectivity index (χ1v) is 8.56. The van der Waals surface area contributed by atoms with Crippen LogP contribution >= 0.6 is 0 Å². The summed E-state index contributed by atoms with van der Waals surface area (Å²) in [7, 11) is -4.11. The second-order valence-electron chi connectivity index (χ2n) is 5.11. The largest absolute Gasteiger partial charge is 0.306 e. The molecule has 112 valence electrons. The van der Waals surface area contributed by atoms with Crippen molar-refractivity contribution in [3.8, 4) is 0 Å². The lowest BCUT2D eigenvalue weighted by molar-refractivity contribution is 0.207. The molecule has 0 amide bonds. The quantitative estimate of drug-likeness (QED) is 0.847. The van der Waals surface area contributed by atoms with Crippen LogP contribution in [0.5, 0.6) is 0 Å². The molecule has 1 N–H and O–H groups in total. The second kappa shape index (κ2) is 6.56. The van der Waals surface area contributed by atoms with Crippen molar-refractivity contribution >= 4 is 15.8 Å². The number of piperidine rings is 1. The van der Waals surface area contributed by atoms with Crippen LogP contribution in [0.25, 0.3) is 0 Å². The Bertz CT molecular complexity index is 522. The molecule has 1 aromatic carbocycles.